The number of phosphoric ester groups is 1. The molecule has 0 aliphatic heterocycles. The molecule has 0 aromatic rings. The topological polar surface area (TPSA) is 111 Å². The first-order valence-corrected chi connectivity index (χ1v) is 32.8. The zero-order chi connectivity index (χ0) is 55.0. The maximum absolute atomic E-state index is 13.5. The summed E-state index contributed by atoms with van der Waals surface area (Å²) in [5.74, 6) is -0.536. The third-order valence-corrected chi connectivity index (χ3v) is 14.6. The van der Waals surface area contributed by atoms with Crippen LogP contribution in [0.25, 0.3) is 0 Å². The molecule has 2 N–H and O–H groups in total. The van der Waals surface area contributed by atoms with Crippen molar-refractivity contribution in [2.45, 2.75) is 290 Å². The number of esters is 1. The van der Waals surface area contributed by atoms with Gasteiger partial charge >= 0.3 is 13.8 Å². The van der Waals surface area contributed by atoms with Crippen LogP contribution in [0.1, 0.15) is 278 Å². The molecule has 0 heterocycles. The van der Waals surface area contributed by atoms with Gasteiger partial charge in [0.1, 0.15) is 19.3 Å². The first kappa shape index (κ1) is 72.5. The van der Waals surface area contributed by atoms with Crippen LogP contribution in [0.5, 0.6) is 0 Å². The highest BCUT2D eigenvalue weighted by molar-refractivity contribution is 7.47. The summed E-state index contributed by atoms with van der Waals surface area (Å²) >= 11 is 0. The Morgan fingerprint density at radius 2 is 0.853 bits per heavy atom. The first-order valence-electron chi connectivity index (χ1n) is 31.3. The number of nitrogens with one attached hydrogen (secondary N) is 1. The molecule has 436 valence electrons. The van der Waals surface area contributed by atoms with Crippen molar-refractivity contribution in [1.82, 2.24) is 5.32 Å². The summed E-state index contributed by atoms with van der Waals surface area (Å²) in [5.41, 5.74) is 0. The van der Waals surface area contributed by atoms with Gasteiger partial charge < -0.3 is 19.4 Å². The molecule has 75 heavy (non-hydrogen) atoms. The van der Waals surface area contributed by atoms with Crippen molar-refractivity contribution in [1.29, 1.82) is 0 Å². The number of nitrogens with zero attached hydrogens (tertiary/aromatic N) is 1. The maximum Gasteiger partial charge on any atom is 0.472 e. The first-order chi connectivity index (χ1) is 36.4. The number of ether oxygens (including phenoxy) is 1. The Morgan fingerprint density at radius 1 is 0.480 bits per heavy atom. The number of hydrogen-bond donors (Lipinski definition) is 2. The van der Waals surface area contributed by atoms with Crippen molar-refractivity contribution >= 4 is 19.7 Å². The monoisotopic (exact) mass is 1070 g/mol. The van der Waals surface area contributed by atoms with Crippen molar-refractivity contribution in [3.63, 3.8) is 0 Å². The van der Waals surface area contributed by atoms with Gasteiger partial charge in [0.15, 0.2) is 0 Å². The number of carbonyl (C=O) groups is 2. The van der Waals surface area contributed by atoms with Crippen LogP contribution in [0, 0.1) is 0 Å². The fourth-order valence-corrected chi connectivity index (χ4v) is 9.59. The van der Waals surface area contributed by atoms with Crippen LogP contribution in [0.3, 0.4) is 0 Å². The van der Waals surface area contributed by atoms with Gasteiger partial charge in [-0.2, -0.15) is 0 Å². The van der Waals surface area contributed by atoms with Crippen LogP contribution in [0.15, 0.2) is 72.9 Å². The quantitative estimate of drug-likeness (QED) is 0.0205. The van der Waals surface area contributed by atoms with E-state index >= 15 is 0 Å². The Hall–Kier alpha value is -2.55. The van der Waals surface area contributed by atoms with E-state index in [1.165, 1.54) is 148 Å². The second kappa shape index (κ2) is 54.8. The molecule has 1 amide bonds. The van der Waals surface area contributed by atoms with Crippen LogP contribution in [-0.4, -0.2) is 74.3 Å². The summed E-state index contributed by atoms with van der Waals surface area (Å²) < 4.78 is 30.7. The molecule has 0 fully saturated rings. The van der Waals surface area contributed by atoms with E-state index in [1.807, 2.05) is 33.3 Å². The van der Waals surface area contributed by atoms with E-state index in [9.17, 15) is 19.0 Å². The highest BCUT2D eigenvalue weighted by atomic mass is 31.2. The average molecular weight is 1070 g/mol. The molecule has 0 saturated carbocycles. The van der Waals surface area contributed by atoms with Gasteiger partial charge in [-0.25, -0.2) is 4.57 Å². The van der Waals surface area contributed by atoms with E-state index in [-0.39, 0.29) is 31.5 Å². The van der Waals surface area contributed by atoms with E-state index in [0.29, 0.717) is 23.9 Å². The second-order valence-corrected chi connectivity index (χ2v) is 23.7. The average Bonchev–Trinajstić information content (AvgIpc) is 3.37. The number of unbranched alkanes of at least 4 members (excludes halogenated alkanes) is 30. The summed E-state index contributed by atoms with van der Waals surface area (Å²) in [6.45, 7) is 6.89. The largest absolute Gasteiger partial charge is 0.472 e. The Kier molecular flexibility index (Phi) is 52.9. The van der Waals surface area contributed by atoms with E-state index < -0.39 is 20.0 Å². The van der Waals surface area contributed by atoms with E-state index in [0.717, 1.165) is 89.9 Å². The van der Waals surface area contributed by atoms with E-state index in [1.54, 1.807) is 0 Å². The highest BCUT2D eigenvalue weighted by Gasteiger charge is 2.30. The van der Waals surface area contributed by atoms with Crippen LogP contribution in [-0.2, 0) is 27.9 Å². The van der Waals surface area contributed by atoms with E-state index in [4.69, 9.17) is 13.8 Å². The summed E-state index contributed by atoms with van der Waals surface area (Å²) in [6.07, 6.45) is 70.4. The number of quaternary nitrogens is 1. The fourth-order valence-electron chi connectivity index (χ4n) is 8.85. The number of rotatable bonds is 56. The molecule has 0 aromatic heterocycles. The number of hydrogen-bond acceptors (Lipinski definition) is 6. The van der Waals surface area contributed by atoms with Gasteiger partial charge in [0, 0.05) is 12.8 Å². The highest BCUT2D eigenvalue weighted by Crippen LogP contribution is 2.43. The summed E-state index contributed by atoms with van der Waals surface area (Å²) in [7, 11) is 1.47. The van der Waals surface area contributed by atoms with Crippen molar-refractivity contribution in [3.8, 4) is 0 Å². The minimum Gasteiger partial charge on any atom is -0.456 e. The molecule has 10 heteroatoms. The second-order valence-electron chi connectivity index (χ2n) is 22.2. The molecule has 3 atom stereocenters. The molecule has 0 aliphatic rings. The zero-order valence-corrected chi connectivity index (χ0v) is 50.7. The minimum atomic E-state index is -4.46. The summed E-state index contributed by atoms with van der Waals surface area (Å²) in [5, 5.41) is 3.04. The van der Waals surface area contributed by atoms with Gasteiger partial charge in [0.25, 0.3) is 0 Å². The molecule has 0 radical (unpaired) electrons. The lowest BCUT2D eigenvalue weighted by Crippen LogP contribution is -2.47. The van der Waals surface area contributed by atoms with Crippen molar-refractivity contribution < 1.29 is 37.3 Å². The molecule has 3 unspecified atom stereocenters. The number of likely N-dealkylation sites (N-methyl/N-ethyl adjacent to an activating group) is 1. The van der Waals surface area contributed by atoms with Crippen LogP contribution in [0.4, 0.5) is 0 Å². The Balaban J connectivity index is 5.34. The van der Waals surface area contributed by atoms with Gasteiger partial charge in [0.05, 0.1) is 33.8 Å². The molecule has 0 rings (SSSR count). The molecular weight excluding hydrogens is 952 g/mol. The summed E-state index contributed by atoms with van der Waals surface area (Å²) in [6, 6.07) is -0.866. The van der Waals surface area contributed by atoms with E-state index in [2.05, 4.69) is 86.8 Å². The molecule has 0 bridgehead atoms. The Bertz CT molecular complexity index is 1510. The third kappa shape index (κ3) is 56.0. The van der Waals surface area contributed by atoms with Crippen molar-refractivity contribution in [2.75, 3.05) is 40.9 Å². The van der Waals surface area contributed by atoms with Crippen molar-refractivity contribution in [3.05, 3.63) is 72.9 Å². The van der Waals surface area contributed by atoms with Crippen LogP contribution >= 0.6 is 7.82 Å². The normalized spacial score (nSPS) is 14.2. The van der Waals surface area contributed by atoms with Crippen molar-refractivity contribution in [2.24, 2.45) is 0 Å². The maximum atomic E-state index is 13.5. The predicted octanol–water partition coefficient (Wildman–Crippen LogP) is 19.2. The minimum absolute atomic E-state index is 0.0323. The predicted molar refractivity (Wildman–Crippen MR) is 323 cm³/mol. The van der Waals surface area contributed by atoms with Crippen LogP contribution in [0.2, 0.25) is 0 Å². The fraction of sp³-hybridized carbons (Fsp3) is 0.785. The van der Waals surface area contributed by atoms with Gasteiger partial charge in [0.2, 0.25) is 5.91 Å². The third-order valence-electron chi connectivity index (χ3n) is 13.7. The molecule has 0 aromatic carbocycles. The van der Waals surface area contributed by atoms with Gasteiger partial charge in [-0.15, -0.1) is 0 Å². The lowest BCUT2D eigenvalue weighted by atomic mass is 10.0. The van der Waals surface area contributed by atoms with Crippen LogP contribution < -0.4 is 5.32 Å². The Morgan fingerprint density at radius 3 is 1.29 bits per heavy atom. The Labute approximate surface area is 463 Å². The van der Waals surface area contributed by atoms with Gasteiger partial charge in [-0.3, -0.25) is 18.6 Å². The zero-order valence-electron chi connectivity index (χ0n) is 49.8. The van der Waals surface area contributed by atoms with Gasteiger partial charge in [-0.05, 0) is 76.7 Å². The molecular formula is C65H120N2O7P+. The SMILES string of the molecule is CC/C=C\C/C=C\C/C=C\C/C=C\C/C=C\CCCCCC(=O)NC(COP(=O)(O)OCC[N+](C)(C)C)C(/C=C/CCCCCCCCCCCCC)OC(=O)CCCCCCCCCCCCCCCCCCC. The summed E-state index contributed by atoms with van der Waals surface area (Å²) in [4.78, 5) is 37.7. The number of allylic oxidation sites excluding steroid dienone is 11. The molecule has 9 nitrogen and oxygen atoms in total. The molecule has 0 aliphatic carbocycles. The number of amides is 1. The lowest BCUT2D eigenvalue weighted by Gasteiger charge is -2.27. The number of carbonyl (C=O) groups excluding carboxylic acids is 2. The standard InChI is InChI=1S/C65H119N2O7P/c1-7-10-13-16-19-22-25-28-30-32-33-35-36-39-42-45-48-51-54-57-64(68)66-62(61-73-75(70,71)72-60-59-67(4,5)6)63(56-53-50-47-44-41-38-27-24-21-18-15-12-9-3)74-65(69)58-55-52-49-46-43-40-37-34-31-29-26-23-20-17-14-11-8-2/h10,13,19,22,28,30,33,35,39,42,53,56,62-63H,7-9,11-12,14-18,20-21,23-27,29,31-32,34,36-38,40-41,43-52,54-55,57-61H2,1-6H3,(H-,66,68,70,71)/p+1/b13-10-,22-19-,30-28-,35-33-,42-39-,56-53+. The smallest absolute Gasteiger partial charge is 0.456 e. The number of phosphoric acid groups is 1. The molecule has 0 spiro atoms. The lowest BCUT2D eigenvalue weighted by molar-refractivity contribution is -0.870. The van der Waals surface area contributed by atoms with Gasteiger partial charge in [-0.1, -0.05) is 261 Å². The molecule has 0 saturated heterocycles.